The van der Waals surface area contributed by atoms with Gasteiger partial charge in [0.05, 0.1) is 0 Å². The molecule has 3 aromatic rings. The number of rotatable bonds is 3. The predicted molar refractivity (Wildman–Crippen MR) is 79.0 cm³/mol. The third-order valence-corrected chi connectivity index (χ3v) is 3.20. The summed E-state index contributed by atoms with van der Waals surface area (Å²) in [6, 6.07) is 8.55. The van der Waals surface area contributed by atoms with Crippen LogP contribution >= 0.6 is 0 Å². The Hall–Kier alpha value is -3.22. The van der Waals surface area contributed by atoms with Crippen molar-refractivity contribution >= 4 is 28.5 Å². The first-order valence-electron chi connectivity index (χ1n) is 6.54. The van der Waals surface area contributed by atoms with Crippen molar-refractivity contribution in [2.45, 2.75) is 0 Å². The maximum atomic E-state index is 13.4. The molecule has 116 valence electrons. The van der Waals surface area contributed by atoms with Gasteiger partial charge in [-0.2, -0.15) is 0 Å². The highest BCUT2D eigenvalue weighted by molar-refractivity contribution is 6.14. The Labute approximate surface area is 128 Å². The summed E-state index contributed by atoms with van der Waals surface area (Å²) in [5.41, 5.74) is 5.39. The predicted octanol–water partition coefficient (Wildman–Crippen LogP) is 3.06. The molecular weight excluding hydrogens is 306 g/mol. The number of anilines is 1. The van der Waals surface area contributed by atoms with Crippen molar-refractivity contribution in [1.29, 1.82) is 0 Å². The summed E-state index contributed by atoms with van der Waals surface area (Å²) in [6.45, 7) is 0. The van der Waals surface area contributed by atoms with Crippen LogP contribution in [0.1, 0.15) is 20.9 Å². The van der Waals surface area contributed by atoms with Gasteiger partial charge in [0.1, 0.15) is 22.9 Å². The van der Waals surface area contributed by atoms with Gasteiger partial charge in [0.2, 0.25) is 5.76 Å². The molecule has 5 nitrogen and oxygen atoms in total. The zero-order valence-electron chi connectivity index (χ0n) is 11.6. The van der Waals surface area contributed by atoms with E-state index in [0.717, 1.165) is 18.2 Å². The highest BCUT2D eigenvalue weighted by atomic mass is 19.1. The van der Waals surface area contributed by atoms with Crippen molar-refractivity contribution in [3.05, 3.63) is 65.4 Å². The lowest BCUT2D eigenvalue weighted by Gasteiger charge is -2.05. The minimum atomic E-state index is -0.920. The van der Waals surface area contributed by atoms with E-state index in [2.05, 4.69) is 5.32 Å². The maximum absolute atomic E-state index is 13.4. The van der Waals surface area contributed by atoms with Gasteiger partial charge in [-0.05, 0) is 36.4 Å². The number of nitrogens with one attached hydrogen (secondary N) is 1. The molecule has 7 heteroatoms. The molecule has 0 fully saturated rings. The van der Waals surface area contributed by atoms with Crippen LogP contribution in [0.15, 0.2) is 46.9 Å². The van der Waals surface area contributed by atoms with Crippen LogP contribution in [0.3, 0.4) is 0 Å². The molecule has 23 heavy (non-hydrogen) atoms. The lowest BCUT2D eigenvalue weighted by atomic mass is 10.1. The van der Waals surface area contributed by atoms with E-state index in [-0.39, 0.29) is 28.0 Å². The van der Waals surface area contributed by atoms with Gasteiger partial charge in [0, 0.05) is 10.9 Å². The zero-order valence-corrected chi connectivity index (χ0v) is 11.6. The first-order chi connectivity index (χ1) is 11.0. The number of fused-ring (bicyclic) bond motifs is 1. The molecule has 2 aromatic carbocycles. The third kappa shape index (κ3) is 2.76. The van der Waals surface area contributed by atoms with E-state index in [1.807, 2.05) is 0 Å². The number of halogens is 2. The standard InChI is InChI=1S/C16H10F2N2O3/c17-9-3-1-2-8(6-9)16(22)20-13-11-7-10(18)4-5-12(11)23-14(13)15(19)21/h1-7H,(H2,19,21)(H,20,22). The van der Waals surface area contributed by atoms with Crippen LogP contribution in [0.25, 0.3) is 11.0 Å². The number of furan rings is 1. The van der Waals surface area contributed by atoms with Gasteiger partial charge in [-0.3, -0.25) is 9.59 Å². The van der Waals surface area contributed by atoms with Crippen LogP contribution in [-0.4, -0.2) is 11.8 Å². The van der Waals surface area contributed by atoms with E-state index in [4.69, 9.17) is 10.2 Å². The highest BCUT2D eigenvalue weighted by Crippen LogP contribution is 2.31. The molecule has 0 aliphatic rings. The summed E-state index contributed by atoms with van der Waals surface area (Å²) >= 11 is 0. The van der Waals surface area contributed by atoms with Gasteiger partial charge in [0.15, 0.2) is 0 Å². The fourth-order valence-electron chi connectivity index (χ4n) is 2.18. The summed E-state index contributed by atoms with van der Waals surface area (Å²) in [7, 11) is 0. The van der Waals surface area contributed by atoms with Crippen LogP contribution < -0.4 is 11.1 Å². The van der Waals surface area contributed by atoms with Gasteiger partial charge in [-0.1, -0.05) is 6.07 Å². The molecule has 0 saturated carbocycles. The molecule has 0 unspecified atom stereocenters. The molecule has 0 aliphatic heterocycles. The van der Waals surface area contributed by atoms with Crippen LogP contribution in [0.4, 0.5) is 14.5 Å². The quantitative estimate of drug-likeness (QED) is 0.778. The first kappa shape index (κ1) is 14.7. The molecule has 2 amide bonds. The van der Waals surface area contributed by atoms with E-state index in [9.17, 15) is 18.4 Å². The Bertz CT molecular complexity index is 934. The fourth-order valence-corrected chi connectivity index (χ4v) is 2.18. The average Bonchev–Trinajstić information content (AvgIpc) is 2.85. The molecule has 0 atom stereocenters. The van der Waals surface area contributed by atoms with Gasteiger partial charge in [0.25, 0.3) is 11.8 Å². The summed E-state index contributed by atoms with van der Waals surface area (Å²) in [4.78, 5) is 23.7. The molecule has 0 bridgehead atoms. The van der Waals surface area contributed by atoms with Crippen molar-refractivity contribution in [2.75, 3.05) is 5.32 Å². The van der Waals surface area contributed by atoms with Crippen LogP contribution in [-0.2, 0) is 0 Å². The van der Waals surface area contributed by atoms with E-state index in [0.29, 0.717) is 0 Å². The average molecular weight is 316 g/mol. The number of benzene rings is 2. The van der Waals surface area contributed by atoms with Gasteiger partial charge in [-0.15, -0.1) is 0 Å². The Balaban J connectivity index is 2.07. The summed E-state index contributed by atoms with van der Waals surface area (Å²) in [5.74, 6) is -3.07. The fraction of sp³-hybridized carbons (Fsp3) is 0. The zero-order chi connectivity index (χ0) is 16.6. The lowest BCUT2D eigenvalue weighted by Crippen LogP contribution is -2.17. The van der Waals surface area contributed by atoms with Crippen molar-refractivity contribution < 1.29 is 22.8 Å². The first-order valence-corrected chi connectivity index (χ1v) is 6.54. The largest absolute Gasteiger partial charge is 0.449 e. The SMILES string of the molecule is NC(=O)c1oc2ccc(F)cc2c1NC(=O)c1cccc(F)c1. The monoisotopic (exact) mass is 316 g/mol. The van der Waals surface area contributed by atoms with Gasteiger partial charge < -0.3 is 15.5 Å². The number of carbonyl (C=O) groups is 2. The molecule has 3 rings (SSSR count). The Morgan fingerprint density at radius 3 is 2.48 bits per heavy atom. The molecule has 3 N–H and O–H groups in total. The molecule has 0 saturated heterocycles. The smallest absolute Gasteiger partial charge is 0.286 e. The molecule has 0 radical (unpaired) electrons. The number of hydrogen-bond acceptors (Lipinski definition) is 3. The van der Waals surface area contributed by atoms with Gasteiger partial charge >= 0.3 is 0 Å². The molecule has 0 aliphatic carbocycles. The minimum absolute atomic E-state index is 0.0335. The Morgan fingerprint density at radius 1 is 1.04 bits per heavy atom. The maximum Gasteiger partial charge on any atom is 0.286 e. The van der Waals surface area contributed by atoms with Gasteiger partial charge in [-0.25, -0.2) is 8.78 Å². The number of primary amides is 1. The van der Waals surface area contributed by atoms with Crippen LogP contribution in [0, 0.1) is 11.6 Å². The molecule has 0 spiro atoms. The lowest BCUT2D eigenvalue weighted by molar-refractivity contribution is 0.0977. The summed E-state index contributed by atoms with van der Waals surface area (Å²) in [6.07, 6.45) is 0. The molecule has 1 heterocycles. The van der Waals surface area contributed by atoms with E-state index in [1.54, 1.807) is 0 Å². The topological polar surface area (TPSA) is 85.3 Å². The van der Waals surface area contributed by atoms with E-state index in [1.165, 1.54) is 24.3 Å². The number of nitrogens with two attached hydrogens (primary N) is 1. The van der Waals surface area contributed by atoms with Crippen molar-refractivity contribution in [3.8, 4) is 0 Å². The number of amides is 2. The van der Waals surface area contributed by atoms with E-state index < -0.39 is 23.4 Å². The second-order valence-corrected chi connectivity index (χ2v) is 4.78. The summed E-state index contributed by atoms with van der Waals surface area (Å²) in [5, 5.41) is 2.60. The third-order valence-electron chi connectivity index (χ3n) is 3.20. The van der Waals surface area contributed by atoms with Crippen molar-refractivity contribution in [2.24, 2.45) is 5.73 Å². The highest BCUT2D eigenvalue weighted by Gasteiger charge is 2.21. The molecular formula is C16H10F2N2O3. The van der Waals surface area contributed by atoms with E-state index >= 15 is 0 Å². The van der Waals surface area contributed by atoms with Crippen molar-refractivity contribution in [3.63, 3.8) is 0 Å². The normalized spacial score (nSPS) is 10.7. The minimum Gasteiger partial charge on any atom is -0.449 e. The Morgan fingerprint density at radius 2 is 1.78 bits per heavy atom. The Kier molecular flexibility index (Phi) is 3.53. The van der Waals surface area contributed by atoms with Crippen LogP contribution in [0.2, 0.25) is 0 Å². The number of carbonyl (C=O) groups excluding carboxylic acids is 2. The van der Waals surface area contributed by atoms with Crippen LogP contribution in [0.5, 0.6) is 0 Å². The van der Waals surface area contributed by atoms with Crippen molar-refractivity contribution in [1.82, 2.24) is 0 Å². The summed E-state index contributed by atoms with van der Waals surface area (Å²) < 4.78 is 31.9. The second kappa shape index (κ2) is 5.53. The second-order valence-electron chi connectivity index (χ2n) is 4.78. The number of hydrogen-bond donors (Lipinski definition) is 2. The molecule has 1 aromatic heterocycles.